The summed E-state index contributed by atoms with van der Waals surface area (Å²) in [5, 5.41) is 7.46. The molecule has 2 heterocycles. The van der Waals surface area contributed by atoms with E-state index < -0.39 is 0 Å². The van der Waals surface area contributed by atoms with Crippen LogP contribution in [0.15, 0.2) is 53.5 Å². The van der Waals surface area contributed by atoms with E-state index >= 15 is 0 Å². The highest BCUT2D eigenvalue weighted by Gasteiger charge is 2.03. The van der Waals surface area contributed by atoms with Crippen LogP contribution < -0.4 is 10.2 Å². The van der Waals surface area contributed by atoms with E-state index in [9.17, 15) is 0 Å². The van der Waals surface area contributed by atoms with E-state index in [2.05, 4.69) is 43.8 Å². The zero-order valence-corrected chi connectivity index (χ0v) is 12.8. The molecule has 0 aliphatic carbocycles. The third-order valence-corrected chi connectivity index (χ3v) is 3.80. The Balaban J connectivity index is 1.85. The number of thiophene rings is 1. The Morgan fingerprint density at radius 3 is 2.76 bits per heavy atom. The van der Waals surface area contributed by atoms with Crippen LogP contribution in [0, 0.1) is 0 Å². The molecule has 0 amide bonds. The van der Waals surface area contributed by atoms with Crippen LogP contribution in [0.1, 0.15) is 0 Å². The highest BCUT2D eigenvalue weighted by atomic mass is 32.1. The molecule has 0 radical (unpaired) electrons. The van der Waals surface area contributed by atoms with Gasteiger partial charge in [0.1, 0.15) is 12.1 Å². The number of rotatable bonds is 4. The van der Waals surface area contributed by atoms with Crippen molar-refractivity contribution >= 4 is 28.5 Å². The first kappa shape index (κ1) is 13.6. The second kappa shape index (κ2) is 5.93. The average molecular weight is 296 g/mol. The minimum atomic E-state index is 0.794. The summed E-state index contributed by atoms with van der Waals surface area (Å²) < 4.78 is 0. The summed E-state index contributed by atoms with van der Waals surface area (Å²) in [5.41, 5.74) is 4.20. The molecule has 21 heavy (non-hydrogen) atoms. The van der Waals surface area contributed by atoms with E-state index in [1.165, 1.54) is 0 Å². The van der Waals surface area contributed by atoms with Gasteiger partial charge in [0.25, 0.3) is 0 Å². The fraction of sp³-hybridized carbons (Fsp3) is 0.125. The zero-order chi connectivity index (χ0) is 14.7. The van der Waals surface area contributed by atoms with Crippen molar-refractivity contribution in [2.75, 3.05) is 24.3 Å². The molecule has 0 atom stereocenters. The second-order valence-electron chi connectivity index (χ2n) is 4.87. The van der Waals surface area contributed by atoms with Crippen molar-refractivity contribution in [2.24, 2.45) is 0 Å². The van der Waals surface area contributed by atoms with Crippen LogP contribution in [-0.2, 0) is 0 Å². The monoisotopic (exact) mass is 296 g/mol. The fourth-order valence-corrected chi connectivity index (χ4v) is 2.65. The minimum Gasteiger partial charge on any atom is -0.378 e. The maximum Gasteiger partial charge on any atom is 0.134 e. The van der Waals surface area contributed by atoms with E-state index in [4.69, 9.17) is 0 Å². The number of benzene rings is 1. The molecule has 0 bridgehead atoms. The minimum absolute atomic E-state index is 0.794. The smallest absolute Gasteiger partial charge is 0.134 e. The Hall–Kier alpha value is -2.40. The van der Waals surface area contributed by atoms with Gasteiger partial charge in [-0.05, 0) is 29.6 Å². The van der Waals surface area contributed by atoms with Gasteiger partial charge in [-0.2, -0.15) is 11.3 Å². The lowest BCUT2D eigenvalue weighted by Crippen LogP contribution is -2.08. The molecule has 2 aromatic heterocycles. The van der Waals surface area contributed by atoms with Gasteiger partial charge in [0.05, 0.1) is 5.69 Å². The van der Waals surface area contributed by atoms with Gasteiger partial charge in [-0.3, -0.25) is 0 Å². The summed E-state index contributed by atoms with van der Waals surface area (Å²) in [6, 6.07) is 12.2. The van der Waals surface area contributed by atoms with Crippen LogP contribution in [0.4, 0.5) is 17.2 Å². The van der Waals surface area contributed by atoms with Gasteiger partial charge in [-0.15, -0.1) is 0 Å². The second-order valence-corrected chi connectivity index (χ2v) is 5.65. The number of aromatic nitrogens is 2. The number of nitrogens with zero attached hydrogens (tertiary/aromatic N) is 3. The van der Waals surface area contributed by atoms with Crippen molar-refractivity contribution < 1.29 is 0 Å². The Kier molecular flexibility index (Phi) is 3.83. The first-order valence-corrected chi connectivity index (χ1v) is 7.56. The van der Waals surface area contributed by atoms with Gasteiger partial charge in [0.15, 0.2) is 0 Å². The summed E-state index contributed by atoms with van der Waals surface area (Å²) in [6.45, 7) is 0. The molecule has 5 heteroatoms. The topological polar surface area (TPSA) is 41.0 Å². The van der Waals surface area contributed by atoms with Crippen molar-refractivity contribution in [3.8, 4) is 11.3 Å². The Labute approximate surface area is 128 Å². The third kappa shape index (κ3) is 3.20. The van der Waals surface area contributed by atoms with Gasteiger partial charge in [-0.25, -0.2) is 9.97 Å². The van der Waals surface area contributed by atoms with Crippen molar-refractivity contribution in [1.82, 2.24) is 9.97 Å². The summed E-state index contributed by atoms with van der Waals surface area (Å²) in [6.07, 6.45) is 1.59. The molecule has 1 aromatic carbocycles. The fourth-order valence-electron chi connectivity index (χ4n) is 2.00. The Morgan fingerprint density at radius 2 is 2.00 bits per heavy atom. The van der Waals surface area contributed by atoms with Crippen LogP contribution in [0.25, 0.3) is 11.3 Å². The molecule has 0 fully saturated rings. The summed E-state index contributed by atoms with van der Waals surface area (Å²) in [4.78, 5) is 10.7. The Morgan fingerprint density at radius 1 is 1.10 bits per heavy atom. The highest BCUT2D eigenvalue weighted by Crippen LogP contribution is 2.24. The van der Waals surface area contributed by atoms with Crippen LogP contribution in [0.2, 0.25) is 0 Å². The molecule has 4 nitrogen and oxygen atoms in total. The largest absolute Gasteiger partial charge is 0.378 e. The van der Waals surface area contributed by atoms with Crippen molar-refractivity contribution in [3.63, 3.8) is 0 Å². The SMILES string of the molecule is CN(C)c1cccc(Nc2cc(-c3ccsc3)ncn2)c1. The van der Waals surface area contributed by atoms with Crippen LogP contribution >= 0.6 is 11.3 Å². The molecular weight excluding hydrogens is 280 g/mol. The number of hydrogen-bond acceptors (Lipinski definition) is 5. The molecule has 0 unspecified atom stereocenters. The lowest BCUT2D eigenvalue weighted by atomic mass is 10.2. The van der Waals surface area contributed by atoms with Crippen LogP contribution in [-0.4, -0.2) is 24.1 Å². The number of hydrogen-bond donors (Lipinski definition) is 1. The average Bonchev–Trinajstić information content (AvgIpc) is 3.02. The van der Waals surface area contributed by atoms with Gasteiger partial charge in [0, 0.05) is 42.5 Å². The standard InChI is InChI=1S/C16H16N4S/c1-20(2)14-5-3-4-13(8-14)19-16-9-15(17-11-18-16)12-6-7-21-10-12/h3-11H,1-2H3,(H,17,18,19). The molecular formula is C16H16N4S. The Bertz CT molecular complexity index is 723. The molecule has 106 valence electrons. The van der Waals surface area contributed by atoms with Crippen LogP contribution in [0.3, 0.4) is 0 Å². The molecule has 0 saturated carbocycles. The van der Waals surface area contributed by atoms with Crippen LogP contribution in [0.5, 0.6) is 0 Å². The zero-order valence-electron chi connectivity index (χ0n) is 11.9. The summed E-state index contributed by atoms with van der Waals surface area (Å²) in [5.74, 6) is 0.794. The van der Waals surface area contributed by atoms with Gasteiger partial charge >= 0.3 is 0 Å². The van der Waals surface area contributed by atoms with E-state index in [1.54, 1.807) is 17.7 Å². The first-order chi connectivity index (χ1) is 10.2. The first-order valence-electron chi connectivity index (χ1n) is 6.61. The predicted octanol–water partition coefficient (Wildman–Crippen LogP) is 4.01. The molecule has 0 aliphatic rings. The van der Waals surface area contributed by atoms with E-state index in [1.807, 2.05) is 37.7 Å². The summed E-state index contributed by atoms with van der Waals surface area (Å²) in [7, 11) is 4.05. The molecule has 0 aliphatic heterocycles. The summed E-state index contributed by atoms with van der Waals surface area (Å²) >= 11 is 1.66. The van der Waals surface area contributed by atoms with E-state index in [0.717, 1.165) is 28.5 Å². The third-order valence-electron chi connectivity index (χ3n) is 3.12. The van der Waals surface area contributed by atoms with Crippen molar-refractivity contribution in [1.29, 1.82) is 0 Å². The quantitative estimate of drug-likeness (QED) is 0.789. The van der Waals surface area contributed by atoms with Gasteiger partial charge in [0.2, 0.25) is 0 Å². The highest BCUT2D eigenvalue weighted by molar-refractivity contribution is 7.08. The molecule has 0 spiro atoms. The molecule has 1 N–H and O–H groups in total. The van der Waals surface area contributed by atoms with Crippen molar-refractivity contribution in [2.45, 2.75) is 0 Å². The lowest BCUT2D eigenvalue weighted by Gasteiger charge is -2.14. The molecule has 3 aromatic rings. The van der Waals surface area contributed by atoms with Crippen molar-refractivity contribution in [3.05, 3.63) is 53.5 Å². The molecule has 3 rings (SSSR count). The maximum absolute atomic E-state index is 4.32. The van der Waals surface area contributed by atoms with E-state index in [-0.39, 0.29) is 0 Å². The lowest BCUT2D eigenvalue weighted by molar-refractivity contribution is 1.13. The predicted molar refractivity (Wildman–Crippen MR) is 89.4 cm³/mol. The molecule has 0 saturated heterocycles. The number of nitrogens with one attached hydrogen (secondary N) is 1. The van der Waals surface area contributed by atoms with E-state index in [0.29, 0.717) is 0 Å². The van der Waals surface area contributed by atoms with Gasteiger partial charge in [-0.1, -0.05) is 6.07 Å². The van der Waals surface area contributed by atoms with Gasteiger partial charge < -0.3 is 10.2 Å². The normalized spacial score (nSPS) is 10.4. The number of anilines is 3. The maximum atomic E-state index is 4.32.